The molecule has 0 radical (unpaired) electrons. The van der Waals surface area contributed by atoms with E-state index in [1.807, 2.05) is 6.08 Å². The van der Waals surface area contributed by atoms with Crippen molar-refractivity contribution in [3.8, 4) is 0 Å². The van der Waals surface area contributed by atoms with E-state index in [-0.39, 0.29) is 0 Å². The minimum Gasteiger partial charge on any atom is -0.327 e. The molecule has 3 heteroatoms. The lowest BCUT2D eigenvalue weighted by atomic mass is 10.4. The fourth-order valence-corrected chi connectivity index (χ4v) is 0.570. The van der Waals surface area contributed by atoms with Gasteiger partial charge in [-0.15, -0.1) is 0 Å². The molecule has 2 N–H and O–H groups in total. The zero-order valence-electron chi connectivity index (χ0n) is 5.57. The van der Waals surface area contributed by atoms with Crippen molar-refractivity contribution in [3.05, 3.63) is 30.4 Å². The maximum absolute atomic E-state index is 5.23. The van der Waals surface area contributed by atoms with Crippen LogP contribution in [0.2, 0.25) is 0 Å². The molecule has 0 aliphatic rings. The van der Waals surface area contributed by atoms with Crippen LogP contribution in [0, 0.1) is 0 Å². The normalized spacial score (nSPS) is 10.5. The monoisotopic (exact) mass is 135 g/mol. The maximum Gasteiger partial charge on any atom is 0.151 e. The third kappa shape index (κ3) is 1.95. The number of nitrogens with two attached hydrogens (primary N) is 1. The molecule has 1 heterocycles. The zero-order chi connectivity index (χ0) is 7.23. The highest BCUT2D eigenvalue weighted by Crippen LogP contribution is 1.88. The lowest BCUT2D eigenvalue weighted by Gasteiger charge is -1.86. The van der Waals surface area contributed by atoms with Crippen molar-refractivity contribution in [2.24, 2.45) is 5.73 Å². The van der Waals surface area contributed by atoms with E-state index in [4.69, 9.17) is 5.73 Å². The number of hydrogen-bond acceptors (Lipinski definition) is 3. The van der Waals surface area contributed by atoms with E-state index >= 15 is 0 Å². The second kappa shape index (κ2) is 3.74. The van der Waals surface area contributed by atoms with Crippen LogP contribution in [0.15, 0.2) is 24.5 Å². The van der Waals surface area contributed by atoms with E-state index < -0.39 is 0 Å². The van der Waals surface area contributed by atoms with E-state index in [1.54, 1.807) is 24.5 Å². The molecule has 3 nitrogen and oxygen atoms in total. The molecule has 0 bridgehead atoms. The minimum absolute atomic E-state index is 0.526. The van der Waals surface area contributed by atoms with Crippen molar-refractivity contribution in [1.82, 2.24) is 9.97 Å². The van der Waals surface area contributed by atoms with Gasteiger partial charge in [-0.25, -0.2) is 9.97 Å². The van der Waals surface area contributed by atoms with Crippen molar-refractivity contribution in [3.63, 3.8) is 0 Å². The molecule has 1 aromatic rings. The predicted octanol–water partition coefficient (Wildman–Crippen LogP) is 0.449. The van der Waals surface area contributed by atoms with E-state index in [1.165, 1.54) is 0 Å². The second-order valence-corrected chi connectivity index (χ2v) is 1.75. The number of hydrogen-bond donors (Lipinski definition) is 1. The van der Waals surface area contributed by atoms with Gasteiger partial charge in [-0.1, -0.05) is 6.08 Å². The summed E-state index contributed by atoms with van der Waals surface area (Å²) in [7, 11) is 0. The number of aromatic nitrogens is 2. The molecule has 52 valence electrons. The SMILES string of the molecule is NC/C=C/c1ncccn1. The predicted molar refractivity (Wildman–Crippen MR) is 40.1 cm³/mol. The first-order valence-electron chi connectivity index (χ1n) is 3.07. The average Bonchev–Trinajstić information content (AvgIpc) is 2.03. The molecule has 0 aliphatic heterocycles. The van der Waals surface area contributed by atoms with Gasteiger partial charge in [0.05, 0.1) is 0 Å². The van der Waals surface area contributed by atoms with Gasteiger partial charge < -0.3 is 5.73 Å². The van der Waals surface area contributed by atoms with Crippen LogP contribution in [-0.2, 0) is 0 Å². The van der Waals surface area contributed by atoms with Crippen LogP contribution < -0.4 is 5.73 Å². The molecular weight excluding hydrogens is 126 g/mol. The Kier molecular flexibility index (Phi) is 2.58. The van der Waals surface area contributed by atoms with E-state index in [2.05, 4.69) is 9.97 Å². The molecule has 0 amide bonds. The van der Waals surface area contributed by atoms with E-state index in [9.17, 15) is 0 Å². The third-order valence-corrected chi connectivity index (χ3v) is 0.989. The summed E-state index contributed by atoms with van der Waals surface area (Å²) in [5, 5.41) is 0. The number of rotatable bonds is 2. The Bertz CT molecular complexity index is 205. The summed E-state index contributed by atoms with van der Waals surface area (Å²) in [6, 6.07) is 1.78. The Morgan fingerprint density at radius 1 is 1.40 bits per heavy atom. The zero-order valence-corrected chi connectivity index (χ0v) is 5.57. The first-order chi connectivity index (χ1) is 4.93. The van der Waals surface area contributed by atoms with Crippen molar-refractivity contribution in [2.45, 2.75) is 0 Å². The molecule has 0 unspecified atom stereocenters. The highest BCUT2D eigenvalue weighted by atomic mass is 14.8. The van der Waals surface area contributed by atoms with Crippen LogP contribution in [0.5, 0.6) is 0 Å². The summed E-state index contributed by atoms with van der Waals surface area (Å²) >= 11 is 0. The molecule has 0 fully saturated rings. The Balaban J connectivity index is 2.67. The van der Waals surface area contributed by atoms with Gasteiger partial charge >= 0.3 is 0 Å². The van der Waals surface area contributed by atoms with Gasteiger partial charge in [0.15, 0.2) is 5.82 Å². The van der Waals surface area contributed by atoms with Crippen molar-refractivity contribution in [2.75, 3.05) is 6.54 Å². The highest BCUT2D eigenvalue weighted by Gasteiger charge is 1.82. The summed E-state index contributed by atoms with van der Waals surface area (Å²) in [5.41, 5.74) is 5.23. The van der Waals surface area contributed by atoms with Crippen molar-refractivity contribution in [1.29, 1.82) is 0 Å². The topological polar surface area (TPSA) is 51.8 Å². The summed E-state index contributed by atoms with van der Waals surface area (Å²) in [5.74, 6) is 0.702. The van der Waals surface area contributed by atoms with Gasteiger partial charge in [-0.2, -0.15) is 0 Å². The summed E-state index contributed by atoms with van der Waals surface area (Å²) < 4.78 is 0. The average molecular weight is 135 g/mol. The summed E-state index contributed by atoms with van der Waals surface area (Å²) in [6.45, 7) is 0.526. The van der Waals surface area contributed by atoms with E-state index in [0.29, 0.717) is 12.4 Å². The molecule has 1 aromatic heterocycles. The molecule has 0 atom stereocenters. The largest absolute Gasteiger partial charge is 0.327 e. The van der Waals surface area contributed by atoms with Crippen LogP contribution in [0.4, 0.5) is 0 Å². The third-order valence-electron chi connectivity index (χ3n) is 0.989. The Labute approximate surface area is 59.6 Å². The maximum atomic E-state index is 5.23. The fraction of sp³-hybridized carbons (Fsp3) is 0.143. The Morgan fingerprint density at radius 2 is 2.10 bits per heavy atom. The molecular formula is C7H9N3. The Hall–Kier alpha value is -1.22. The molecule has 1 rings (SSSR count). The first-order valence-corrected chi connectivity index (χ1v) is 3.07. The molecule has 0 saturated carbocycles. The lowest BCUT2D eigenvalue weighted by molar-refractivity contribution is 1.13. The van der Waals surface area contributed by atoms with Gasteiger partial charge in [0.1, 0.15) is 0 Å². The quantitative estimate of drug-likeness (QED) is 0.640. The fourth-order valence-electron chi connectivity index (χ4n) is 0.570. The first kappa shape index (κ1) is 6.89. The van der Waals surface area contributed by atoms with Gasteiger partial charge in [-0.05, 0) is 12.1 Å². The molecule has 0 spiro atoms. The second-order valence-electron chi connectivity index (χ2n) is 1.75. The van der Waals surface area contributed by atoms with Gasteiger partial charge in [0.25, 0.3) is 0 Å². The van der Waals surface area contributed by atoms with Crippen LogP contribution in [0.3, 0.4) is 0 Å². The summed E-state index contributed by atoms with van der Waals surface area (Å²) in [6.07, 6.45) is 7.00. The summed E-state index contributed by atoms with van der Waals surface area (Å²) in [4.78, 5) is 7.93. The smallest absolute Gasteiger partial charge is 0.151 e. The lowest BCUT2D eigenvalue weighted by Crippen LogP contribution is -1.93. The minimum atomic E-state index is 0.526. The van der Waals surface area contributed by atoms with Gasteiger partial charge in [0.2, 0.25) is 0 Å². The molecule has 10 heavy (non-hydrogen) atoms. The standard InChI is InChI=1S/C7H9N3/c8-4-1-3-7-9-5-2-6-10-7/h1-3,5-6H,4,8H2/b3-1+. The molecule has 0 aromatic carbocycles. The van der Waals surface area contributed by atoms with E-state index in [0.717, 1.165) is 0 Å². The van der Waals surface area contributed by atoms with Crippen molar-refractivity contribution >= 4 is 6.08 Å². The number of nitrogens with zero attached hydrogens (tertiary/aromatic N) is 2. The molecule has 0 saturated heterocycles. The van der Waals surface area contributed by atoms with Crippen LogP contribution in [0.1, 0.15) is 5.82 Å². The van der Waals surface area contributed by atoms with Crippen LogP contribution >= 0.6 is 0 Å². The van der Waals surface area contributed by atoms with Gasteiger partial charge in [-0.3, -0.25) is 0 Å². The highest BCUT2D eigenvalue weighted by molar-refractivity contribution is 5.38. The van der Waals surface area contributed by atoms with Crippen LogP contribution in [0.25, 0.3) is 6.08 Å². The van der Waals surface area contributed by atoms with Crippen LogP contribution in [-0.4, -0.2) is 16.5 Å². The Morgan fingerprint density at radius 3 is 2.70 bits per heavy atom. The molecule has 0 aliphatic carbocycles. The van der Waals surface area contributed by atoms with Crippen molar-refractivity contribution < 1.29 is 0 Å². The van der Waals surface area contributed by atoms with Gasteiger partial charge in [0, 0.05) is 18.9 Å².